The van der Waals surface area contributed by atoms with Gasteiger partial charge in [-0.3, -0.25) is 9.55 Å². The zero-order valence-electron chi connectivity index (χ0n) is 12.8. The van der Waals surface area contributed by atoms with E-state index in [1.165, 1.54) is 0 Å². The molecule has 112 valence electrons. The molecule has 1 amide bonds. The van der Waals surface area contributed by atoms with Gasteiger partial charge in [0.25, 0.3) is 0 Å². The monoisotopic (exact) mass is 288 g/mol. The van der Waals surface area contributed by atoms with E-state index in [4.69, 9.17) is 4.74 Å². The number of aromatic nitrogens is 3. The summed E-state index contributed by atoms with van der Waals surface area (Å²) in [7, 11) is 0. The highest BCUT2D eigenvalue weighted by molar-refractivity contribution is 5.67. The number of hydrogen-bond acceptors (Lipinski definition) is 4. The van der Waals surface area contributed by atoms with Crippen LogP contribution in [0.1, 0.15) is 32.2 Å². The summed E-state index contributed by atoms with van der Waals surface area (Å²) in [6, 6.07) is 3.89. The van der Waals surface area contributed by atoms with E-state index < -0.39 is 11.7 Å². The van der Waals surface area contributed by atoms with Gasteiger partial charge >= 0.3 is 6.09 Å². The number of pyridine rings is 1. The Hall–Kier alpha value is -2.37. The summed E-state index contributed by atoms with van der Waals surface area (Å²) < 4.78 is 7.08. The van der Waals surface area contributed by atoms with Crippen molar-refractivity contribution < 1.29 is 9.53 Å². The molecule has 2 rings (SSSR count). The molecule has 6 nitrogen and oxygen atoms in total. The van der Waals surface area contributed by atoms with Gasteiger partial charge in [-0.05, 0) is 39.8 Å². The van der Waals surface area contributed by atoms with Crippen LogP contribution in [0.4, 0.5) is 4.79 Å². The molecule has 0 saturated carbocycles. The Bertz CT molecular complexity index is 611. The van der Waals surface area contributed by atoms with Crippen LogP contribution >= 0.6 is 0 Å². The van der Waals surface area contributed by atoms with E-state index in [0.717, 1.165) is 17.1 Å². The van der Waals surface area contributed by atoms with Crippen LogP contribution in [0.15, 0.2) is 30.9 Å². The first-order valence-corrected chi connectivity index (χ1v) is 6.76. The first kappa shape index (κ1) is 15.0. The number of ether oxygens (including phenoxy) is 1. The number of aryl methyl sites for hydroxylation is 1. The second-order valence-electron chi connectivity index (χ2n) is 5.77. The number of carbonyl (C=O) groups is 1. The third-order valence-electron chi connectivity index (χ3n) is 2.70. The average molecular weight is 288 g/mol. The molecule has 0 spiro atoms. The maximum Gasteiger partial charge on any atom is 0.407 e. The quantitative estimate of drug-likeness (QED) is 0.942. The number of alkyl carbamates (subject to hydrolysis) is 1. The van der Waals surface area contributed by atoms with Crippen LogP contribution in [0.25, 0.3) is 5.69 Å². The van der Waals surface area contributed by atoms with Gasteiger partial charge in [0, 0.05) is 5.69 Å². The second-order valence-corrected chi connectivity index (χ2v) is 5.77. The molecule has 0 fully saturated rings. The smallest absolute Gasteiger partial charge is 0.407 e. The van der Waals surface area contributed by atoms with Crippen molar-refractivity contribution in [1.29, 1.82) is 0 Å². The summed E-state index contributed by atoms with van der Waals surface area (Å²) in [4.78, 5) is 20.0. The summed E-state index contributed by atoms with van der Waals surface area (Å²) in [5.41, 5.74) is 2.20. The Morgan fingerprint density at radius 3 is 2.71 bits per heavy atom. The predicted molar refractivity (Wildman–Crippen MR) is 79.2 cm³/mol. The molecule has 21 heavy (non-hydrogen) atoms. The topological polar surface area (TPSA) is 69.0 Å². The van der Waals surface area contributed by atoms with Gasteiger partial charge in [0.15, 0.2) is 0 Å². The maximum atomic E-state index is 11.7. The van der Waals surface area contributed by atoms with Crippen molar-refractivity contribution in [3.05, 3.63) is 42.2 Å². The molecule has 1 N–H and O–H groups in total. The van der Waals surface area contributed by atoms with Crippen molar-refractivity contribution in [3.63, 3.8) is 0 Å². The number of hydrogen-bond donors (Lipinski definition) is 1. The van der Waals surface area contributed by atoms with Gasteiger partial charge in [0.2, 0.25) is 0 Å². The van der Waals surface area contributed by atoms with Crippen LogP contribution in [0.2, 0.25) is 0 Å². The molecule has 2 aromatic heterocycles. The van der Waals surface area contributed by atoms with E-state index in [9.17, 15) is 4.79 Å². The average Bonchev–Trinajstić information content (AvgIpc) is 2.83. The largest absolute Gasteiger partial charge is 0.444 e. The summed E-state index contributed by atoms with van der Waals surface area (Å²) in [5.74, 6) is 0. The Morgan fingerprint density at radius 1 is 1.33 bits per heavy atom. The minimum absolute atomic E-state index is 0.336. The molecule has 0 aliphatic carbocycles. The highest BCUT2D eigenvalue weighted by atomic mass is 16.6. The van der Waals surface area contributed by atoms with Gasteiger partial charge in [-0.25, -0.2) is 9.78 Å². The maximum absolute atomic E-state index is 11.7. The Labute approximate surface area is 124 Å². The first-order chi connectivity index (χ1) is 9.85. The minimum Gasteiger partial charge on any atom is -0.444 e. The third kappa shape index (κ3) is 4.30. The van der Waals surface area contributed by atoms with Crippen molar-refractivity contribution in [2.24, 2.45) is 0 Å². The van der Waals surface area contributed by atoms with E-state index in [2.05, 4.69) is 15.3 Å². The second kappa shape index (κ2) is 5.95. The fraction of sp³-hybridized carbons (Fsp3) is 0.400. The molecular weight excluding hydrogens is 268 g/mol. The van der Waals surface area contributed by atoms with Crippen LogP contribution in [-0.2, 0) is 11.3 Å². The molecule has 2 aromatic rings. The molecule has 2 heterocycles. The standard InChI is InChI=1S/C15H20N4O2/c1-11-5-6-12(8-17-11)19-10-16-7-13(19)9-18-14(20)21-15(2,3)4/h5-8,10H,9H2,1-4H3,(H,18,20). The summed E-state index contributed by atoms with van der Waals surface area (Å²) in [6.45, 7) is 7.75. The van der Waals surface area contributed by atoms with Crippen LogP contribution in [-0.4, -0.2) is 26.2 Å². The summed E-state index contributed by atoms with van der Waals surface area (Å²) >= 11 is 0. The molecule has 0 saturated heterocycles. The van der Waals surface area contributed by atoms with E-state index in [1.807, 2.05) is 44.4 Å². The number of imidazole rings is 1. The number of nitrogens with zero attached hydrogens (tertiary/aromatic N) is 3. The van der Waals surface area contributed by atoms with E-state index >= 15 is 0 Å². The number of rotatable bonds is 3. The lowest BCUT2D eigenvalue weighted by Gasteiger charge is -2.19. The first-order valence-electron chi connectivity index (χ1n) is 6.76. The minimum atomic E-state index is -0.509. The van der Waals surface area contributed by atoms with Crippen molar-refractivity contribution in [2.75, 3.05) is 0 Å². The summed E-state index contributed by atoms with van der Waals surface area (Å²) in [5, 5.41) is 2.72. The molecule has 0 aromatic carbocycles. The number of amides is 1. The Kier molecular flexibility index (Phi) is 4.26. The molecule has 0 aliphatic rings. The van der Waals surface area contributed by atoms with Gasteiger partial charge in [-0.2, -0.15) is 0 Å². The van der Waals surface area contributed by atoms with Crippen molar-refractivity contribution in [1.82, 2.24) is 19.9 Å². The van der Waals surface area contributed by atoms with Crippen molar-refractivity contribution >= 4 is 6.09 Å². The fourth-order valence-electron chi connectivity index (χ4n) is 1.77. The highest BCUT2D eigenvalue weighted by Gasteiger charge is 2.16. The van der Waals surface area contributed by atoms with Gasteiger partial charge in [-0.15, -0.1) is 0 Å². The normalized spacial score (nSPS) is 11.2. The third-order valence-corrected chi connectivity index (χ3v) is 2.70. The lowest BCUT2D eigenvalue weighted by Crippen LogP contribution is -2.32. The van der Waals surface area contributed by atoms with E-state index in [-0.39, 0.29) is 0 Å². The fourth-order valence-corrected chi connectivity index (χ4v) is 1.77. The Morgan fingerprint density at radius 2 is 2.10 bits per heavy atom. The SMILES string of the molecule is Cc1ccc(-n2cncc2CNC(=O)OC(C)(C)C)cn1. The van der Waals surface area contributed by atoms with Gasteiger partial charge < -0.3 is 10.1 Å². The molecule has 0 unspecified atom stereocenters. The zero-order valence-corrected chi connectivity index (χ0v) is 12.8. The lowest BCUT2D eigenvalue weighted by molar-refractivity contribution is 0.0522. The zero-order chi connectivity index (χ0) is 15.5. The van der Waals surface area contributed by atoms with Crippen molar-refractivity contribution in [2.45, 2.75) is 39.8 Å². The molecular formula is C15H20N4O2. The van der Waals surface area contributed by atoms with Crippen LogP contribution in [0.3, 0.4) is 0 Å². The molecule has 0 aliphatic heterocycles. The van der Waals surface area contributed by atoms with Crippen molar-refractivity contribution in [3.8, 4) is 5.69 Å². The molecule has 0 atom stereocenters. The highest BCUT2D eigenvalue weighted by Crippen LogP contribution is 2.11. The molecule has 0 radical (unpaired) electrons. The van der Waals surface area contributed by atoms with Gasteiger partial charge in [-0.1, -0.05) is 0 Å². The predicted octanol–water partition coefficient (Wildman–Crippen LogP) is 2.60. The lowest BCUT2D eigenvalue weighted by atomic mass is 10.2. The van der Waals surface area contributed by atoms with Gasteiger partial charge in [0.1, 0.15) is 5.60 Å². The Balaban J connectivity index is 2.04. The number of nitrogens with one attached hydrogen (secondary N) is 1. The molecule has 6 heteroatoms. The molecule has 0 bridgehead atoms. The van der Waals surface area contributed by atoms with E-state index in [0.29, 0.717) is 6.54 Å². The van der Waals surface area contributed by atoms with Gasteiger partial charge in [0.05, 0.1) is 36.6 Å². The van der Waals surface area contributed by atoms with Crippen LogP contribution in [0.5, 0.6) is 0 Å². The van der Waals surface area contributed by atoms with Crippen LogP contribution < -0.4 is 5.32 Å². The summed E-state index contributed by atoms with van der Waals surface area (Å²) in [6.07, 6.45) is 4.72. The van der Waals surface area contributed by atoms with Crippen LogP contribution in [0, 0.1) is 6.92 Å². The van der Waals surface area contributed by atoms with E-state index in [1.54, 1.807) is 18.7 Å². The number of carbonyl (C=O) groups excluding carboxylic acids is 1.